The normalized spacial score (nSPS) is 39.2. The molecule has 4 N–H and O–H groups in total. The van der Waals surface area contributed by atoms with Gasteiger partial charge in [0.25, 0.3) is 0 Å². The first kappa shape index (κ1) is 19.6. The van der Waals surface area contributed by atoms with Crippen LogP contribution in [0.25, 0.3) is 0 Å². The maximum absolute atomic E-state index is 12.5. The van der Waals surface area contributed by atoms with E-state index in [0.717, 1.165) is 19.4 Å². The molecule has 3 rings (SSSR count). The number of morpholine rings is 1. The van der Waals surface area contributed by atoms with Crippen LogP contribution in [0.4, 0.5) is 0 Å². The number of nitrogens with one attached hydrogen (secondary N) is 1. The molecule has 2 heterocycles. The molecule has 8 heteroatoms. The van der Waals surface area contributed by atoms with Crippen molar-refractivity contribution in [3.05, 3.63) is 0 Å². The summed E-state index contributed by atoms with van der Waals surface area (Å²) in [6.45, 7) is 3.25. The molecule has 3 aliphatic rings. The zero-order valence-electron chi connectivity index (χ0n) is 14.4. The Morgan fingerprint density at radius 3 is 2.56 bits per heavy atom. The lowest BCUT2D eigenvalue weighted by atomic mass is 9.74. The molecule has 6 nitrogen and oxygen atoms in total. The Hall–Kier alpha value is -0.110. The summed E-state index contributed by atoms with van der Waals surface area (Å²) >= 11 is 12.4. The van der Waals surface area contributed by atoms with E-state index in [0.29, 0.717) is 45.1 Å². The minimum absolute atomic E-state index is 0.0156. The predicted molar refractivity (Wildman–Crippen MR) is 97.9 cm³/mol. The molecule has 2 saturated heterocycles. The highest BCUT2D eigenvalue weighted by atomic mass is 35.5. The number of aliphatic hydroxyl groups excluding tert-OH is 1. The molecular formula is C17H29Cl2N3O3. The number of aliphatic hydroxyl groups is 1. The van der Waals surface area contributed by atoms with Crippen LogP contribution >= 0.6 is 23.2 Å². The van der Waals surface area contributed by atoms with E-state index in [1.54, 1.807) is 0 Å². The van der Waals surface area contributed by atoms with Gasteiger partial charge >= 0.3 is 0 Å². The molecule has 1 saturated carbocycles. The van der Waals surface area contributed by atoms with Crippen molar-refractivity contribution in [1.82, 2.24) is 10.2 Å². The Balaban J connectivity index is 1.50. The lowest BCUT2D eigenvalue weighted by Gasteiger charge is -2.43. The third kappa shape index (κ3) is 4.60. The van der Waals surface area contributed by atoms with Crippen LogP contribution in [0.5, 0.6) is 0 Å². The Labute approximate surface area is 159 Å². The molecule has 0 radical (unpaired) electrons. The molecule has 0 aromatic heterocycles. The maximum atomic E-state index is 12.5. The van der Waals surface area contributed by atoms with Crippen molar-refractivity contribution in [2.24, 2.45) is 17.6 Å². The fourth-order valence-electron chi connectivity index (χ4n) is 4.33. The number of piperidine rings is 1. The first-order valence-corrected chi connectivity index (χ1v) is 10.2. The number of carbonyl (C=O) groups is 1. The number of halogens is 2. The summed E-state index contributed by atoms with van der Waals surface area (Å²) in [5, 5.41) is 13.2. The number of alkyl halides is 2. The van der Waals surface area contributed by atoms with Crippen molar-refractivity contribution in [2.75, 3.05) is 32.8 Å². The summed E-state index contributed by atoms with van der Waals surface area (Å²) in [5.41, 5.74) is 6.49. The van der Waals surface area contributed by atoms with Gasteiger partial charge in [0, 0.05) is 31.6 Å². The Kier molecular flexibility index (Phi) is 6.85. The fourth-order valence-corrected chi connectivity index (χ4v) is 4.92. The number of nitrogens with two attached hydrogens (primary N) is 1. The zero-order valence-corrected chi connectivity index (χ0v) is 16.0. The molecule has 0 aromatic carbocycles. The van der Waals surface area contributed by atoms with Gasteiger partial charge in [0.15, 0.2) is 0 Å². The van der Waals surface area contributed by atoms with E-state index in [1.807, 2.05) is 4.90 Å². The topological polar surface area (TPSA) is 87.8 Å². The summed E-state index contributed by atoms with van der Waals surface area (Å²) in [7, 11) is 0. The lowest BCUT2D eigenvalue weighted by molar-refractivity contribution is -0.138. The Morgan fingerprint density at radius 1 is 1.24 bits per heavy atom. The summed E-state index contributed by atoms with van der Waals surface area (Å²) < 4.78 is 5.38. The van der Waals surface area contributed by atoms with E-state index in [1.165, 1.54) is 0 Å². The molecule has 25 heavy (non-hydrogen) atoms. The van der Waals surface area contributed by atoms with Gasteiger partial charge in [-0.15, -0.1) is 23.2 Å². The summed E-state index contributed by atoms with van der Waals surface area (Å²) in [6, 6.07) is -0.328. The first-order valence-electron chi connectivity index (χ1n) is 9.29. The maximum Gasteiger partial charge on any atom is 0.242 e. The highest BCUT2D eigenvalue weighted by Crippen LogP contribution is 2.36. The van der Waals surface area contributed by atoms with Crippen LogP contribution in [0.15, 0.2) is 0 Å². The SMILES string of the molecule is N[C@H](C1CCN(C(=O)C2COCCN2)CC1)C1CC(Cl)C(Cl)CC1O. The lowest BCUT2D eigenvalue weighted by Crippen LogP contribution is -2.56. The van der Waals surface area contributed by atoms with Crippen molar-refractivity contribution in [3.63, 3.8) is 0 Å². The van der Waals surface area contributed by atoms with Crippen LogP contribution in [0.1, 0.15) is 25.7 Å². The van der Waals surface area contributed by atoms with Gasteiger partial charge in [0.2, 0.25) is 5.91 Å². The van der Waals surface area contributed by atoms with Crippen LogP contribution in [0, 0.1) is 11.8 Å². The molecule has 1 aliphatic carbocycles. The van der Waals surface area contributed by atoms with Crippen LogP contribution in [0.3, 0.4) is 0 Å². The van der Waals surface area contributed by atoms with Gasteiger partial charge in [-0.05, 0) is 31.6 Å². The van der Waals surface area contributed by atoms with Gasteiger partial charge in [0.05, 0.1) is 30.1 Å². The van der Waals surface area contributed by atoms with Gasteiger partial charge in [-0.3, -0.25) is 4.79 Å². The standard InChI is InChI=1S/C17H29Cl2N3O3/c18-12-7-11(15(23)8-13(12)19)16(20)10-1-4-22(5-2-10)17(24)14-9-25-6-3-21-14/h10-16,21,23H,1-9,20H2/t11?,12?,13?,14?,15?,16-/m1/s1. The molecule has 5 unspecified atom stereocenters. The molecule has 0 bridgehead atoms. The number of nitrogens with zero attached hydrogens (tertiary/aromatic N) is 1. The Bertz CT molecular complexity index is 456. The third-order valence-corrected chi connectivity index (χ3v) is 7.05. The summed E-state index contributed by atoms with van der Waals surface area (Å²) in [4.78, 5) is 14.5. The van der Waals surface area contributed by atoms with Gasteiger partial charge in [0.1, 0.15) is 6.04 Å². The van der Waals surface area contributed by atoms with Crippen molar-refractivity contribution >= 4 is 29.1 Å². The molecule has 6 atom stereocenters. The average molecular weight is 394 g/mol. The van der Waals surface area contributed by atoms with Crippen LogP contribution < -0.4 is 11.1 Å². The predicted octanol–water partition coefficient (Wildman–Crippen LogP) is 0.526. The molecule has 1 amide bonds. The second-order valence-electron chi connectivity index (χ2n) is 7.56. The van der Waals surface area contributed by atoms with Gasteiger partial charge in [-0.2, -0.15) is 0 Å². The molecule has 0 aromatic rings. The second-order valence-corrected chi connectivity index (χ2v) is 8.68. The van der Waals surface area contributed by atoms with Crippen LogP contribution in [-0.4, -0.2) is 77.7 Å². The molecular weight excluding hydrogens is 365 g/mol. The Morgan fingerprint density at radius 2 is 1.92 bits per heavy atom. The van der Waals surface area contributed by atoms with E-state index >= 15 is 0 Å². The number of ether oxygens (including phenoxy) is 1. The minimum atomic E-state index is -0.490. The van der Waals surface area contributed by atoms with Crippen molar-refractivity contribution in [3.8, 4) is 0 Å². The largest absolute Gasteiger partial charge is 0.393 e. The third-order valence-electron chi connectivity index (χ3n) is 5.96. The van der Waals surface area contributed by atoms with Crippen LogP contribution in [0.2, 0.25) is 0 Å². The number of amides is 1. The average Bonchev–Trinajstić information content (AvgIpc) is 2.64. The quantitative estimate of drug-likeness (QED) is 0.608. The van der Waals surface area contributed by atoms with E-state index in [2.05, 4.69) is 5.32 Å². The number of hydrogen-bond acceptors (Lipinski definition) is 5. The first-order chi connectivity index (χ1) is 12.0. The minimum Gasteiger partial charge on any atom is -0.393 e. The van der Waals surface area contributed by atoms with Crippen LogP contribution in [-0.2, 0) is 9.53 Å². The highest BCUT2D eigenvalue weighted by Gasteiger charge is 2.41. The van der Waals surface area contributed by atoms with Crippen molar-refractivity contribution in [2.45, 2.75) is 54.6 Å². The number of rotatable bonds is 3. The van der Waals surface area contributed by atoms with E-state index in [-0.39, 0.29) is 34.7 Å². The fraction of sp³-hybridized carbons (Fsp3) is 0.941. The number of carbonyl (C=O) groups excluding carboxylic acids is 1. The molecule has 2 aliphatic heterocycles. The molecule has 0 spiro atoms. The highest BCUT2D eigenvalue weighted by molar-refractivity contribution is 6.30. The van der Waals surface area contributed by atoms with Crippen molar-refractivity contribution < 1.29 is 14.6 Å². The smallest absolute Gasteiger partial charge is 0.242 e. The van der Waals surface area contributed by atoms with Gasteiger partial charge in [-0.25, -0.2) is 0 Å². The second kappa shape index (κ2) is 8.72. The molecule has 144 valence electrons. The van der Waals surface area contributed by atoms with E-state index < -0.39 is 6.10 Å². The van der Waals surface area contributed by atoms with Gasteiger partial charge in [-0.1, -0.05) is 0 Å². The molecule has 3 fully saturated rings. The van der Waals surface area contributed by atoms with E-state index in [9.17, 15) is 9.90 Å². The van der Waals surface area contributed by atoms with Crippen molar-refractivity contribution in [1.29, 1.82) is 0 Å². The number of likely N-dealkylation sites (tertiary alicyclic amines) is 1. The monoisotopic (exact) mass is 393 g/mol. The zero-order chi connectivity index (χ0) is 18.0. The summed E-state index contributed by atoms with van der Waals surface area (Å²) in [5.74, 6) is 0.406. The summed E-state index contributed by atoms with van der Waals surface area (Å²) in [6.07, 6.45) is 2.39. The van der Waals surface area contributed by atoms with Gasteiger partial charge < -0.3 is 25.8 Å². The number of hydrogen-bond donors (Lipinski definition) is 3. The van der Waals surface area contributed by atoms with E-state index in [4.69, 9.17) is 33.7 Å².